The number of Topliss-reactive ketones (excluding diaryl/α,β-unsaturated/α-hetero) is 1. The molecule has 1 heterocycles. The molecule has 0 aromatic heterocycles. The Hall–Kier alpha value is -2.49. The van der Waals surface area contributed by atoms with Gasteiger partial charge in [-0.25, -0.2) is 22.3 Å². The topological polar surface area (TPSA) is 92.8 Å². The van der Waals surface area contributed by atoms with E-state index in [0.29, 0.717) is 24.9 Å². The number of ether oxygens (including phenoxy) is 1. The number of piperidine rings is 1. The Morgan fingerprint density at radius 3 is 2.58 bits per heavy atom. The Balaban J connectivity index is 1.65. The molecule has 36 heavy (non-hydrogen) atoms. The zero-order valence-corrected chi connectivity index (χ0v) is 22.5. The van der Waals surface area contributed by atoms with Crippen molar-refractivity contribution in [1.29, 1.82) is 0 Å². The van der Waals surface area contributed by atoms with Crippen LogP contribution < -0.4 is 4.72 Å². The smallest absolute Gasteiger partial charge is 0.410 e. The van der Waals surface area contributed by atoms with Crippen LogP contribution in [0, 0.1) is 18.7 Å². The van der Waals surface area contributed by atoms with Gasteiger partial charge in [-0.2, -0.15) is 0 Å². The normalized spacial score (nSPS) is 16.6. The first-order valence-electron chi connectivity index (χ1n) is 11.8. The maximum absolute atomic E-state index is 14.7. The van der Waals surface area contributed by atoms with E-state index in [4.69, 9.17) is 16.3 Å². The average molecular weight is 539 g/mol. The minimum Gasteiger partial charge on any atom is -0.444 e. The fraction of sp³-hybridized carbons (Fsp3) is 0.462. The predicted octanol–water partition coefficient (Wildman–Crippen LogP) is 5.20. The van der Waals surface area contributed by atoms with Crippen LogP contribution in [0.1, 0.15) is 49.5 Å². The highest BCUT2D eigenvalue weighted by Gasteiger charge is 2.30. The summed E-state index contributed by atoms with van der Waals surface area (Å²) in [6.45, 7) is 7.35. The summed E-state index contributed by atoms with van der Waals surface area (Å²) in [6.07, 6.45) is 0.790. The van der Waals surface area contributed by atoms with E-state index in [9.17, 15) is 22.4 Å². The summed E-state index contributed by atoms with van der Waals surface area (Å²) >= 11 is 6.04. The summed E-state index contributed by atoms with van der Waals surface area (Å²) in [6, 6.07) is 10.3. The van der Waals surface area contributed by atoms with Crippen LogP contribution in [0.2, 0.25) is 5.02 Å². The van der Waals surface area contributed by atoms with Crippen LogP contribution in [-0.4, -0.2) is 56.2 Å². The molecule has 0 radical (unpaired) electrons. The molecular weight excluding hydrogens is 507 g/mol. The number of sulfonamides is 1. The Morgan fingerprint density at radius 1 is 1.19 bits per heavy atom. The van der Waals surface area contributed by atoms with Crippen molar-refractivity contribution in [1.82, 2.24) is 9.62 Å². The number of carbonyl (C=O) groups excluding carboxylic acids is 2. The molecule has 1 amide bonds. The standard InChI is InChI=1S/C26H32ClFN2O5S/c1-17-7-5-9-19(11-17)20-12-21(24(28)22(27)13-20)23(31)14-29-36(33,34)16-18-8-6-10-30(15-18)25(32)35-26(2,3)4/h5,7,9,11-13,18,29H,6,8,10,14-16H2,1-4H3. The van der Waals surface area contributed by atoms with Crippen LogP contribution in [-0.2, 0) is 14.8 Å². The van der Waals surface area contributed by atoms with Gasteiger partial charge < -0.3 is 9.64 Å². The lowest BCUT2D eigenvalue weighted by Gasteiger charge is -2.34. The lowest BCUT2D eigenvalue weighted by atomic mass is 9.99. The largest absolute Gasteiger partial charge is 0.444 e. The van der Waals surface area contributed by atoms with Crippen LogP contribution in [0.5, 0.6) is 0 Å². The molecule has 3 rings (SSSR count). The molecular formula is C26H32ClFN2O5S. The highest BCUT2D eigenvalue weighted by atomic mass is 35.5. The lowest BCUT2D eigenvalue weighted by Crippen LogP contribution is -2.45. The van der Waals surface area contributed by atoms with Crippen LogP contribution >= 0.6 is 11.6 Å². The third-order valence-corrected chi connectivity index (χ3v) is 7.53. The summed E-state index contributed by atoms with van der Waals surface area (Å²) in [5, 5.41) is -0.218. The van der Waals surface area contributed by atoms with Crippen LogP contribution in [0.15, 0.2) is 36.4 Å². The molecule has 7 nitrogen and oxygen atoms in total. The van der Waals surface area contributed by atoms with Crippen molar-refractivity contribution >= 4 is 33.5 Å². The van der Waals surface area contributed by atoms with Gasteiger partial charge in [-0.15, -0.1) is 0 Å². The molecule has 2 aromatic rings. The second-order valence-electron chi connectivity index (χ2n) is 10.1. The lowest BCUT2D eigenvalue weighted by molar-refractivity contribution is 0.0176. The molecule has 1 atom stereocenters. The molecule has 1 aliphatic heterocycles. The number of nitrogens with one attached hydrogen (secondary N) is 1. The number of hydrogen-bond donors (Lipinski definition) is 1. The molecule has 0 saturated carbocycles. The molecule has 1 unspecified atom stereocenters. The first kappa shape index (κ1) is 28.1. The van der Waals surface area contributed by atoms with E-state index in [1.807, 2.05) is 31.2 Å². The number of nitrogens with zero attached hydrogens (tertiary/aromatic N) is 1. The molecule has 0 bridgehead atoms. The second-order valence-corrected chi connectivity index (χ2v) is 12.4. The summed E-state index contributed by atoms with van der Waals surface area (Å²) in [4.78, 5) is 26.6. The summed E-state index contributed by atoms with van der Waals surface area (Å²) in [5.41, 5.74) is 1.38. The van der Waals surface area contributed by atoms with Crippen molar-refractivity contribution in [3.8, 4) is 11.1 Å². The van der Waals surface area contributed by atoms with E-state index in [1.54, 1.807) is 20.8 Å². The van der Waals surface area contributed by atoms with Gasteiger partial charge in [0.1, 0.15) is 5.60 Å². The van der Waals surface area contributed by atoms with Crippen LogP contribution in [0.3, 0.4) is 0 Å². The Morgan fingerprint density at radius 2 is 1.92 bits per heavy atom. The highest BCUT2D eigenvalue weighted by Crippen LogP contribution is 2.29. The second kappa shape index (κ2) is 11.3. The molecule has 1 fully saturated rings. The molecule has 2 aromatic carbocycles. The van der Waals surface area contributed by atoms with E-state index >= 15 is 0 Å². The predicted molar refractivity (Wildman–Crippen MR) is 138 cm³/mol. The molecule has 0 aliphatic carbocycles. The maximum Gasteiger partial charge on any atom is 0.410 e. The fourth-order valence-electron chi connectivity index (χ4n) is 4.12. The number of rotatable bonds is 7. The molecule has 196 valence electrons. The number of aryl methyl sites for hydroxylation is 1. The molecule has 1 aliphatic rings. The van der Waals surface area contributed by atoms with Crippen molar-refractivity contribution in [3.63, 3.8) is 0 Å². The van der Waals surface area contributed by atoms with Crippen molar-refractivity contribution in [2.75, 3.05) is 25.4 Å². The number of likely N-dealkylation sites (tertiary alicyclic amines) is 1. The monoisotopic (exact) mass is 538 g/mol. The number of carbonyl (C=O) groups is 2. The molecule has 1 N–H and O–H groups in total. The van der Waals surface area contributed by atoms with E-state index in [1.165, 1.54) is 17.0 Å². The van der Waals surface area contributed by atoms with Crippen molar-refractivity contribution in [2.24, 2.45) is 5.92 Å². The quantitative estimate of drug-likeness (QED) is 0.489. The first-order chi connectivity index (χ1) is 16.7. The number of benzene rings is 2. The van der Waals surface area contributed by atoms with Gasteiger partial charge in [0.2, 0.25) is 10.0 Å². The SMILES string of the molecule is Cc1cccc(-c2cc(Cl)c(F)c(C(=O)CNS(=O)(=O)CC3CCCN(C(=O)OC(C)(C)C)C3)c2)c1. The van der Waals surface area contributed by atoms with Gasteiger partial charge in [-0.1, -0.05) is 41.4 Å². The van der Waals surface area contributed by atoms with E-state index in [-0.39, 0.29) is 28.8 Å². The fourth-order valence-corrected chi connectivity index (χ4v) is 5.70. The number of amides is 1. The van der Waals surface area contributed by atoms with Crippen molar-refractivity contribution < 1.29 is 27.1 Å². The van der Waals surface area contributed by atoms with E-state index < -0.39 is 39.9 Å². The van der Waals surface area contributed by atoms with Gasteiger partial charge in [0, 0.05) is 13.1 Å². The summed E-state index contributed by atoms with van der Waals surface area (Å²) in [7, 11) is -3.86. The first-order valence-corrected chi connectivity index (χ1v) is 13.8. The van der Waals surface area contributed by atoms with Crippen molar-refractivity contribution in [2.45, 2.75) is 46.1 Å². The third kappa shape index (κ3) is 7.75. The number of halogens is 2. The average Bonchev–Trinajstić information content (AvgIpc) is 2.78. The Labute approximate surface area is 217 Å². The Kier molecular flexibility index (Phi) is 8.80. The summed E-state index contributed by atoms with van der Waals surface area (Å²) in [5.74, 6) is -2.19. The number of ketones is 1. The highest BCUT2D eigenvalue weighted by molar-refractivity contribution is 7.89. The zero-order chi connectivity index (χ0) is 26.7. The third-order valence-electron chi connectivity index (χ3n) is 5.76. The van der Waals surface area contributed by atoms with E-state index in [2.05, 4.69) is 4.72 Å². The molecule has 10 heteroatoms. The van der Waals surface area contributed by atoms with Gasteiger partial charge in [-0.05, 0) is 69.7 Å². The maximum atomic E-state index is 14.7. The summed E-state index contributed by atoms with van der Waals surface area (Å²) < 4.78 is 47.7. The van der Waals surface area contributed by atoms with Gasteiger partial charge >= 0.3 is 6.09 Å². The minimum atomic E-state index is -3.86. The molecule has 1 saturated heterocycles. The Bertz CT molecular complexity index is 1240. The zero-order valence-electron chi connectivity index (χ0n) is 20.9. The minimum absolute atomic E-state index is 0.218. The van der Waals surface area contributed by atoms with Gasteiger partial charge in [0.05, 0.1) is 22.9 Å². The number of hydrogen-bond acceptors (Lipinski definition) is 5. The van der Waals surface area contributed by atoms with Crippen LogP contribution in [0.4, 0.5) is 9.18 Å². The van der Waals surface area contributed by atoms with Crippen LogP contribution in [0.25, 0.3) is 11.1 Å². The van der Waals surface area contributed by atoms with E-state index in [0.717, 1.165) is 11.1 Å². The van der Waals surface area contributed by atoms with Crippen molar-refractivity contribution in [3.05, 3.63) is 58.4 Å². The van der Waals surface area contributed by atoms with Gasteiger partial charge in [0.15, 0.2) is 11.6 Å². The van der Waals surface area contributed by atoms with Gasteiger partial charge in [-0.3, -0.25) is 4.79 Å². The molecule has 0 spiro atoms. The van der Waals surface area contributed by atoms with Gasteiger partial charge in [0.25, 0.3) is 0 Å².